The van der Waals surface area contributed by atoms with Gasteiger partial charge in [0.1, 0.15) is 0 Å². The van der Waals surface area contributed by atoms with Crippen molar-refractivity contribution >= 4 is 11.7 Å². The quantitative estimate of drug-likeness (QED) is 0.754. The number of hydrogen-bond donors (Lipinski definition) is 2. The fourth-order valence-corrected chi connectivity index (χ4v) is 3.27. The van der Waals surface area contributed by atoms with Crippen LogP contribution < -0.4 is 10.2 Å². The minimum absolute atomic E-state index is 0.0294. The molecule has 1 unspecified atom stereocenters. The number of aliphatic hydroxyl groups excluding tert-OH is 1. The largest absolute Gasteiger partial charge is 0.393 e. The third kappa shape index (κ3) is 5.41. The molecule has 5 heteroatoms. The van der Waals surface area contributed by atoms with Crippen LogP contribution in [0.4, 0.5) is 10.5 Å². The Morgan fingerprint density at radius 1 is 1.33 bits per heavy atom. The normalized spacial score (nSPS) is 16.7. The lowest BCUT2D eigenvalue weighted by atomic mass is 9.92. The molecule has 2 N–H and O–H groups in total. The summed E-state index contributed by atoms with van der Waals surface area (Å²) in [5.41, 5.74) is 1.23. The molecule has 1 atom stereocenters. The molecular weight excluding hydrogens is 302 g/mol. The molecule has 1 aromatic rings. The Morgan fingerprint density at radius 2 is 2.00 bits per heavy atom. The molecule has 1 fully saturated rings. The summed E-state index contributed by atoms with van der Waals surface area (Å²) in [4.78, 5) is 16.4. The van der Waals surface area contributed by atoms with Crippen molar-refractivity contribution in [3.63, 3.8) is 0 Å². The van der Waals surface area contributed by atoms with E-state index >= 15 is 0 Å². The number of benzene rings is 1. The van der Waals surface area contributed by atoms with E-state index in [1.54, 1.807) is 0 Å². The highest BCUT2D eigenvalue weighted by Crippen LogP contribution is 2.20. The van der Waals surface area contributed by atoms with Crippen LogP contribution in [0.1, 0.15) is 33.1 Å². The van der Waals surface area contributed by atoms with E-state index in [4.69, 9.17) is 0 Å². The van der Waals surface area contributed by atoms with E-state index in [9.17, 15) is 9.90 Å². The van der Waals surface area contributed by atoms with Crippen molar-refractivity contribution < 1.29 is 9.90 Å². The topological polar surface area (TPSA) is 55.8 Å². The lowest BCUT2D eigenvalue weighted by molar-refractivity contribution is 0.0798. The highest BCUT2D eigenvalue weighted by molar-refractivity contribution is 5.74. The first-order chi connectivity index (χ1) is 11.6. The number of urea groups is 1. The van der Waals surface area contributed by atoms with E-state index in [0.29, 0.717) is 12.5 Å². The smallest absolute Gasteiger partial charge is 0.317 e. The van der Waals surface area contributed by atoms with Crippen molar-refractivity contribution in [1.82, 2.24) is 10.2 Å². The van der Waals surface area contributed by atoms with Crippen LogP contribution in [0.5, 0.6) is 0 Å². The number of anilines is 1. The number of hydrogen-bond acceptors (Lipinski definition) is 3. The molecule has 1 aromatic carbocycles. The molecule has 1 aliphatic heterocycles. The van der Waals surface area contributed by atoms with Gasteiger partial charge in [-0.05, 0) is 51.2 Å². The molecule has 1 aliphatic rings. The van der Waals surface area contributed by atoms with Crippen molar-refractivity contribution in [2.24, 2.45) is 5.92 Å². The van der Waals surface area contributed by atoms with Crippen LogP contribution in [0.2, 0.25) is 0 Å². The van der Waals surface area contributed by atoms with Crippen LogP contribution in [0.25, 0.3) is 0 Å². The van der Waals surface area contributed by atoms with E-state index in [1.165, 1.54) is 5.69 Å². The number of carbonyl (C=O) groups is 1. The zero-order valence-electron chi connectivity index (χ0n) is 14.9. The molecule has 24 heavy (non-hydrogen) atoms. The molecular formula is C19H31N3O2. The number of likely N-dealkylation sites (tertiary alicyclic amines) is 1. The average Bonchev–Trinajstić information content (AvgIpc) is 2.62. The molecule has 2 rings (SSSR count). The number of para-hydroxylation sites is 1. The Kier molecular flexibility index (Phi) is 7.37. The summed E-state index contributed by atoms with van der Waals surface area (Å²) in [5, 5.41) is 12.6. The molecule has 0 aliphatic carbocycles. The summed E-state index contributed by atoms with van der Waals surface area (Å²) in [6.07, 6.45) is 2.44. The molecule has 1 saturated heterocycles. The van der Waals surface area contributed by atoms with Gasteiger partial charge in [0.25, 0.3) is 0 Å². The fraction of sp³-hybridized carbons (Fsp3) is 0.632. The summed E-state index contributed by atoms with van der Waals surface area (Å²) < 4.78 is 0. The second-order valence-electron chi connectivity index (χ2n) is 6.57. The summed E-state index contributed by atoms with van der Waals surface area (Å²) in [7, 11) is 0. The molecule has 0 bridgehead atoms. The Balaban J connectivity index is 1.66. The first kappa shape index (κ1) is 18.6. The number of rotatable bonds is 7. The first-order valence-corrected chi connectivity index (χ1v) is 9.12. The summed E-state index contributed by atoms with van der Waals surface area (Å²) in [6.45, 7) is 8.07. The van der Waals surface area contributed by atoms with Crippen molar-refractivity contribution in [2.45, 2.75) is 39.2 Å². The van der Waals surface area contributed by atoms with Gasteiger partial charge in [-0.3, -0.25) is 0 Å². The summed E-state index contributed by atoms with van der Waals surface area (Å²) in [6, 6.07) is 10.4. The monoisotopic (exact) mass is 333 g/mol. The Hall–Kier alpha value is -1.75. The van der Waals surface area contributed by atoms with E-state index in [0.717, 1.165) is 45.4 Å². The van der Waals surface area contributed by atoms with Gasteiger partial charge in [-0.15, -0.1) is 0 Å². The molecule has 0 spiro atoms. The van der Waals surface area contributed by atoms with Crippen LogP contribution >= 0.6 is 0 Å². The van der Waals surface area contributed by atoms with Gasteiger partial charge < -0.3 is 20.2 Å². The van der Waals surface area contributed by atoms with Crippen LogP contribution in [0, 0.1) is 5.92 Å². The van der Waals surface area contributed by atoms with E-state index in [2.05, 4.69) is 41.4 Å². The van der Waals surface area contributed by atoms with Crippen LogP contribution in [0.15, 0.2) is 30.3 Å². The minimum atomic E-state index is -0.270. The highest BCUT2D eigenvalue weighted by Gasteiger charge is 2.25. The predicted octanol–water partition coefficient (Wildman–Crippen LogP) is 2.71. The zero-order chi connectivity index (χ0) is 17.4. The number of carbonyl (C=O) groups excluding carboxylic acids is 1. The molecule has 134 valence electrons. The lowest BCUT2D eigenvalue weighted by Crippen LogP contribution is -2.46. The van der Waals surface area contributed by atoms with Crippen molar-refractivity contribution in [3.05, 3.63) is 30.3 Å². The predicted molar refractivity (Wildman–Crippen MR) is 98.3 cm³/mol. The molecule has 0 saturated carbocycles. The van der Waals surface area contributed by atoms with Gasteiger partial charge in [-0.1, -0.05) is 18.2 Å². The number of aliphatic hydroxyl groups is 1. The van der Waals surface area contributed by atoms with Crippen LogP contribution in [-0.4, -0.2) is 54.9 Å². The Morgan fingerprint density at radius 3 is 2.58 bits per heavy atom. The van der Waals surface area contributed by atoms with Gasteiger partial charge in [-0.2, -0.15) is 0 Å². The summed E-state index contributed by atoms with van der Waals surface area (Å²) >= 11 is 0. The third-order valence-electron chi connectivity index (χ3n) is 4.89. The van der Waals surface area contributed by atoms with Crippen molar-refractivity contribution in [3.8, 4) is 0 Å². The van der Waals surface area contributed by atoms with Gasteiger partial charge in [0.05, 0.1) is 6.10 Å². The van der Waals surface area contributed by atoms with Gasteiger partial charge in [0, 0.05) is 38.4 Å². The number of nitrogens with zero attached hydrogens (tertiary/aromatic N) is 2. The molecule has 5 nitrogen and oxygen atoms in total. The van der Waals surface area contributed by atoms with Gasteiger partial charge in [0.15, 0.2) is 0 Å². The number of nitrogens with one attached hydrogen (secondary N) is 1. The Labute approximate surface area is 145 Å². The van der Waals surface area contributed by atoms with Crippen LogP contribution in [-0.2, 0) is 0 Å². The Bertz CT molecular complexity index is 485. The molecule has 2 amide bonds. The van der Waals surface area contributed by atoms with Gasteiger partial charge in [-0.25, -0.2) is 4.79 Å². The maximum absolute atomic E-state index is 12.2. The SMILES string of the molecule is CCN(CCCNC(=O)N1CCC(C(C)O)CC1)c1ccccc1. The van der Waals surface area contributed by atoms with Crippen molar-refractivity contribution in [2.75, 3.05) is 37.6 Å². The minimum Gasteiger partial charge on any atom is -0.393 e. The molecule has 1 heterocycles. The number of amides is 2. The standard InChI is InChI=1S/C19H31N3O2/c1-3-21(18-8-5-4-6-9-18)13-7-12-20-19(24)22-14-10-17(11-15-22)16(2)23/h4-6,8-9,16-17,23H,3,7,10-15H2,1-2H3,(H,20,24). The van der Waals surface area contributed by atoms with Gasteiger partial charge in [0.2, 0.25) is 0 Å². The highest BCUT2D eigenvalue weighted by atomic mass is 16.3. The third-order valence-corrected chi connectivity index (χ3v) is 4.89. The second kappa shape index (κ2) is 9.52. The van der Waals surface area contributed by atoms with E-state index < -0.39 is 0 Å². The maximum Gasteiger partial charge on any atom is 0.317 e. The zero-order valence-corrected chi connectivity index (χ0v) is 14.9. The maximum atomic E-state index is 12.2. The van der Waals surface area contributed by atoms with E-state index in [1.807, 2.05) is 17.9 Å². The van der Waals surface area contributed by atoms with Gasteiger partial charge >= 0.3 is 6.03 Å². The first-order valence-electron chi connectivity index (χ1n) is 9.12. The molecule has 0 radical (unpaired) electrons. The van der Waals surface area contributed by atoms with Crippen LogP contribution in [0.3, 0.4) is 0 Å². The average molecular weight is 333 g/mol. The van der Waals surface area contributed by atoms with E-state index in [-0.39, 0.29) is 12.1 Å². The second-order valence-corrected chi connectivity index (χ2v) is 6.57. The number of piperidine rings is 1. The molecule has 0 aromatic heterocycles. The van der Waals surface area contributed by atoms with Crippen molar-refractivity contribution in [1.29, 1.82) is 0 Å². The fourth-order valence-electron chi connectivity index (χ4n) is 3.27. The summed E-state index contributed by atoms with van der Waals surface area (Å²) in [5.74, 6) is 0.332. The lowest BCUT2D eigenvalue weighted by Gasteiger charge is -2.33.